The number of benzene rings is 2. The minimum atomic E-state index is -0.674. The number of carbonyl (C=O) groups is 4. The Morgan fingerprint density at radius 1 is 0.635 bits per heavy atom. The fourth-order valence-corrected chi connectivity index (χ4v) is 9.23. The lowest BCUT2D eigenvalue weighted by molar-refractivity contribution is -0.135. The van der Waals surface area contributed by atoms with Crippen LogP contribution in [0.1, 0.15) is 55.8 Å². The van der Waals surface area contributed by atoms with Crippen LogP contribution >= 0.6 is 22.7 Å². The van der Waals surface area contributed by atoms with Gasteiger partial charge >= 0.3 is 6.09 Å². The van der Waals surface area contributed by atoms with E-state index in [1.807, 2.05) is 99.2 Å². The number of hydrogen-bond acceptors (Lipinski definition) is 11. The molecule has 8 heterocycles. The second-order valence-electron chi connectivity index (χ2n) is 14.8. The molecule has 2 aliphatic rings. The van der Waals surface area contributed by atoms with Crippen LogP contribution < -0.4 is 10.6 Å². The van der Waals surface area contributed by atoms with Crippen LogP contribution in [0, 0.1) is 0 Å². The summed E-state index contributed by atoms with van der Waals surface area (Å²) in [7, 11) is 1.29. The summed E-state index contributed by atoms with van der Waals surface area (Å²) >= 11 is 3.24. The van der Waals surface area contributed by atoms with Gasteiger partial charge in [0.25, 0.3) is 0 Å². The average molecular weight is 887 g/mol. The van der Waals surface area contributed by atoms with Crippen molar-refractivity contribution >= 4 is 56.4 Å². The van der Waals surface area contributed by atoms with Crippen molar-refractivity contribution in [2.75, 3.05) is 33.3 Å². The van der Waals surface area contributed by atoms with Crippen molar-refractivity contribution in [2.24, 2.45) is 0 Å². The van der Waals surface area contributed by atoms with E-state index in [9.17, 15) is 19.2 Å². The number of nitrogens with one attached hydrogen (secondary N) is 4. The molecule has 0 spiro atoms. The molecular weight excluding hydrogens is 841 g/mol. The Morgan fingerprint density at radius 2 is 1.06 bits per heavy atom. The number of nitrogens with zero attached hydrogens (tertiary/aromatic N) is 8. The molecule has 0 aliphatic carbocycles. The van der Waals surface area contributed by atoms with Gasteiger partial charge in [-0.1, -0.05) is 83.3 Å². The van der Waals surface area contributed by atoms with Crippen LogP contribution in [-0.4, -0.2) is 106 Å². The third-order valence-corrected chi connectivity index (χ3v) is 12.6. The van der Waals surface area contributed by atoms with Crippen LogP contribution in [0.4, 0.5) is 4.79 Å². The van der Waals surface area contributed by atoms with Gasteiger partial charge in [0.15, 0.2) is 9.92 Å². The zero-order valence-corrected chi connectivity index (χ0v) is 36.3. The van der Waals surface area contributed by atoms with Crippen molar-refractivity contribution in [3.05, 3.63) is 122 Å². The summed E-state index contributed by atoms with van der Waals surface area (Å²) in [6.07, 6.45) is 18.6. The maximum atomic E-state index is 12.5. The van der Waals surface area contributed by atoms with Crippen LogP contribution in [0.2, 0.25) is 0 Å². The highest BCUT2D eigenvalue weighted by Crippen LogP contribution is 2.32. The fourth-order valence-electron chi connectivity index (χ4n) is 7.35. The van der Waals surface area contributed by atoms with Crippen LogP contribution in [0.15, 0.2) is 110 Å². The Labute approximate surface area is 370 Å². The molecule has 19 heteroatoms. The molecule has 63 heavy (non-hydrogen) atoms. The minimum Gasteiger partial charge on any atom is -0.453 e. The van der Waals surface area contributed by atoms with E-state index in [1.54, 1.807) is 40.2 Å². The van der Waals surface area contributed by atoms with E-state index >= 15 is 0 Å². The lowest BCUT2D eigenvalue weighted by atomic mass is 10.1. The summed E-state index contributed by atoms with van der Waals surface area (Å²) in [6.45, 7) is 4.53. The molecule has 2 aromatic carbocycles. The number of likely N-dealkylation sites (tertiary alicyclic amines) is 2. The highest BCUT2D eigenvalue weighted by atomic mass is 32.1. The van der Waals surface area contributed by atoms with Crippen molar-refractivity contribution in [2.45, 2.75) is 44.7 Å². The van der Waals surface area contributed by atoms with E-state index in [2.05, 4.69) is 47.7 Å². The number of H-pyrrole nitrogens is 2. The van der Waals surface area contributed by atoms with Crippen molar-refractivity contribution in [1.29, 1.82) is 0 Å². The molecule has 2 atom stereocenters. The molecule has 2 saturated heterocycles. The highest BCUT2D eigenvalue weighted by molar-refractivity contribution is 7.20. The second kappa shape index (κ2) is 19.7. The van der Waals surface area contributed by atoms with E-state index in [4.69, 9.17) is 9.97 Å². The van der Waals surface area contributed by atoms with Gasteiger partial charge in [0.05, 0.1) is 53.3 Å². The molecule has 4 amide bonds. The Balaban J connectivity index is 0.000000133. The zero-order chi connectivity index (χ0) is 43.7. The van der Waals surface area contributed by atoms with Gasteiger partial charge in [-0.2, -0.15) is 0 Å². The molecule has 2 aliphatic heterocycles. The lowest BCUT2D eigenvalue weighted by Gasteiger charge is -2.23. The maximum absolute atomic E-state index is 12.5. The standard InChI is InChI=1S/C16H10N8S2.C14H18N2O3.C14H18N2O2/c1-9(19-7-17-1)13-5-23-3-11(21-15(23)25-13)12-4-24-6-14(26-16(24)22-12)10-2-18-8-20-10;1-19-14(18)15-12(11-7-3-2-4-8-11)13(17)16-9-5-6-10-16;1-11(17)15-13(12-7-3-2-4-8-12)14(18)16-9-5-6-10-16/h1-8H,(H,17,19)(H,18,20);2-4,7-8,12H,5-6,9-10H2,1H3,(H,15,18);2-4,7-8,13H,5-6,9-10H2,1H3,(H,15,17). The van der Waals surface area contributed by atoms with Gasteiger partial charge in [0.1, 0.15) is 23.5 Å². The summed E-state index contributed by atoms with van der Waals surface area (Å²) in [5.41, 5.74) is 5.33. The highest BCUT2D eigenvalue weighted by Gasteiger charge is 2.30. The quantitative estimate of drug-likeness (QED) is 0.121. The largest absolute Gasteiger partial charge is 0.453 e. The summed E-state index contributed by atoms with van der Waals surface area (Å²) in [4.78, 5) is 79.0. The summed E-state index contributed by atoms with van der Waals surface area (Å²) in [6, 6.07) is 17.4. The minimum absolute atomic E-state index is 0.00565. The number of fused-ring (bicyclic) bond motifs is 2. The van der Waals surface area contributed by atoms with E-state index in [0.717, 1.165) is 105 Å². The molecule has 324 valence electrons. The topological polar surface area (TPSA) is 200 Å². The van der Waals surface area contributed by atoms with Gasteiger partial charge < -0.3 is 35.1 Å². The number of carbonyl (C=O) groups excluding carboxylic acids is 4. The number of amides is 4. The smallest absolute Gasteiger partial charge is 0.407 e. The first-order valence-corrected chi connectivity index (χ1v) is 22.1. The molecule has 0 radical (unpaired) electrons. The molecule has 2 unspecified atom stereocenters. The first kappa shape index (κ1) is 42.6. The van der Waals surface area contributed by atoms with E-state index in [1.165, 1.54) is 14.0 Å². The van der Waals surface area contributed by atoms with Crippen LogP contribution in [0.5, 0.6) is 0 Å². The van der Waals surface area contributed by atoms with E-state index < -0.39 is 18.2 Å². The normalized spacial score (nSPS) is 14.4. The molecule has 8 aromatic rings. The predicted octanol–water partition coefficient (Wildman–Crippen LogP) is 6.74. The number of alkyl carbamates (subject to hydrolysis) is 1. The molecule has 4 N–H and O–H groups in total. The third-order valence-electron chi connectivity index (χ3n) is 10.5. The van der Waals surface area contributed by atoms with Crippen LogP contribution in [0.3, 0.4) is 0 Å². The maximum Gasteiger partial charge on any atom is 0.407 e. The number of thiazole rings is 2. The van der Waals surface area contributed by atoms with Gasteiger partial charge in [-0.25, -0.2) is 24.7 Å². The molecule has 0 bridgehead atoms. The summed E-state index contributed by atoms with van der Waals surface area (Å²) in [5.74, 6) is -0.264. The molecule has 10 rings (SSSR count). The molecular formula is C44H46N12O5S2. The van der Waals surface area contributed by atoms with Gasteiger partial charge in [-0.15, -0.1) is 0 Å². The van der Waals surface area contributed by atoms with Gasteiger partial charge in [-0.05, 0) is 36.8 Å². The van der Waals surface area contributed by atoms with Gasteiger partial charge in [0, 0.05) is 57.9 Å². The first-order chi connectivity index (χ1) is 30.7. The monoisotopic (exact) mass is 886 g/mol. The van der Waals surface area contributed by atoms with E-state index in [-0.39, 0.29) is 17.7 Å². The summed E-state index contributed by atoms with van der Waals surface area (Å²) in [5, 5.41) is 5.35. The van der Waals surface area contributed by atoms with Gasteiger partial charge in [0.2, 0.25) is 17.7 Å². The Morgan fingerprint density at radius 3 is 1.43 bits per heavy atom. The third kappa shape index (κ3) is 10.2. The second-order valence-corrected chi connectivity index (χ2v) is 16.9. The number of hydrogen-bond donors (Lipinski definition) is 4. The SMILES string of the molecule is CC(=O)NC(C(=O)N1CCCC1)c1ccccc1.COC(=O)NC(C(=O)N1CCCC1)c1ccccc1.c1ncc(-c2cn3cc(-c4cn5cc(-c6cnc[nH]6)sc5n4)nc3s2)[nH]1. The van der Waals surface area contributed by atoms with Gasteiger partial charge in [-0.3, -0.25) is 23.2 Å². The average Bonchev–Trinajstić information content (AvgIpc) is 4.15. The fraction of sp³-hybridized carbons (Fsp3) is 0.273. The lowest BCUT2D eigenvalue weighted by Crippen LogP contribution is -2.41. The van der Waals surface area contributed by atoms with Crippen LogP contribution in [0.25, 0.3) is 42.5 Å². The van der Waals surface area contributed by atoms with Crippen molar-refractivity contribution < 1.29 is 23.9 Å². The number of ether oxygens (including phenoxy) is 1. The first-order valence-electron chi connectivity index (χ1n) is 20.5. The van der Waals surface area contributed by atoms with E-state index in [0.29, 0.717) is 0 Å². The van der Waals surface area contributed by atoms with Crippen molar-refractivity contribution in [3.63, 3.8) is 0 Å². The predicted molar refractivity (Wildman–Crippen MR) is 240 cm³/mol. The zero-order valence-electron chi connectivity index (χ0n) is 34.6. The molecule has 6 aromatic heterocycles. The Bertz CT molecular complexity index is 2580. The number of imidazole rings is 4. The number of aromatic amines is 2. The Hall–Kier alpha value is -7.12. The number of methoxy groups -OCH3 is 1. The van der Waals surface area contributed by atoms with Crippen molar-refractivity contribution in [3.8, 4) is 32.5 Å². The molecule has 17 nitrogen and oxygen atoms in total. The van der Waals surface area contributed by atoms with Crippen molar-refractivity contribution in [1.82, 2.24) is 59.1 Å². The number of rotatable bonds is 9. The molecule has 2 fully saturated rings. The summed E-state index contributed by atoms with van der Waals surface area (Å²) < 4.78 is 8.65. The van der Waals surface area contributed by atoms with Crippen LogP contribution in [-0.2, 0) is 19.1 Å². The Kier molecular flexibility index (Phi) is 13.3. The molecule has 0 saturated carbocycles. The number of aromatic nitrogens is 8.